The van der Waals surface area contributed by atoms with Crippen molar-refractivity contribution in [3.63, 3.8) is 0 Å². The Bertz CT molecular complexity index is 450. The van der Waals surface area contributed by atoms with Crippen molar-refractivity contribution in [3.05, 3.63) is 29.8 Å². The molecule has 5 nitrogen and oxygen atoms in total. The van der Waals surface area contributed by atoms with Crippen LogP contribution in [0.4, 0.5) is 0 Å². The molecule has 2 N–H and O–H groups in total. The van der Waals surface area contributed by atoms with E-state index in [1.54, 1.807) is 19.1 Å². The monoisotopic (exact) mass is 264 g/mol. The molecule has 104 valence electrons. The van der Waals surface area contributed by atoms with Crippen molar-refractivity contribution in [2.24, 2.45) is 11.7 Å². The van der Waals surface area contributed by atoms with Gasteiger partial charge in [-0.25, -0.2) is 0 Å². The first kappa shape index (κ1) is 13.8. The molecule has 0 aliphatic carbocycles. The van der Waals surface area contributed by atoms with Crippen LogP contribution in [0.15, 0.2) is 24.3 Å². The van der Waals surface area contributed by atoms with E-state index in [9.17, 15) is 4.79 Å². The zero-order valence-corrected chi connectivity index (χ0v) is 11.3. The van der Waals surface area contributed by atoms with E-state index < -0.39 is 0 Å². The van der Waals surface area contributed by atoms with E-state index in [2.05, 4.69) is 0 Å². The first-order valence-electron chi connectivity index (χ1n) is 6.33. The summed E-state index contributed by atoms with van der Waals surface area (Å²) in [5.41, 5.74) is 6.89. The SMILES string of the molecule is COc1cccc(CN(C)C(=O)C2COCC2N)c1. The van der Waals surface area contributed by atoms with Crippen LogP contribution in [0.5, 0.6) is 5.75 Å². The third-order valence-electron chi connectivity index (χ3n) is 3.37. The number of carbonyl (C=O) groups excluding carboxylic acids is 1. The van der Waals surface area contributed by atoms with Crippen molar-refractivity contribution in [1.82, 2.24) is 4.90 Å². The van der Waals surface area contributed by atoms with Crippen LogP contribution in [0, 0.1) is 5.92 Å². The molecule has 1 saturated heterocycles. The summed E-state index contributed by atoms with van der Waals surface area (Å²) in [4.78, 5) is 13.9. The molecule has 2 unspecified atom stereocenters. The number of amides is 1. The van der Waals surface area contributed by atoms with Gasteiger partial charge in [0.05, 0.1) is 26.2 Å². The standard InChI is InChI=1S/C14H20N2O3/c1-16(14(17)12-8-19-9-13(12)15)7-10-4-3-5-11(6-10)18-2/h3-6,12-13H,7-9,15H2,1-2H3. The van der Waals surface area contributed by atoms with E-state index in [0.717, 1.165) is 11.3 Å². The van der Waals surface area contributed by atoms with E-state index in [-0.39, 0.29) is 17.9 Å². The quantitative estimate of drug-likeness (QED) is 0.866. The summed E-state index contributed by atoms with van der Waals surface area (Å²) in [6.07, 6.45) is 0. The van der Waals surface area contributed by atoms with Crippen molar-refractivity contribution in [2.75, 3.05) is 27.4 Å². The molecule has 2 rings (SSSR count). The van der Waals surface area contributed by atoms with Gasteiger partial charge in [-0.1, -0.05) is 12.1 Å². The predicted molar refractivity (Wildman–Crippen MR) is 71.8 cm³/mol. The third-order valence-corrected chi connectivity index (χ3v) is 3.37. The fraction of sp³-hybridized carbons (Fsp3) is 0.500. The Morgan fingerprint density at radius 2 is 2.32 bits per heavy atom. The summed E-state index contributed by atoms with van der Waals surface area (Å²) in [6.45, 7) is 1.42. The molecule has 1 heterocycles. The number of ether oxygens (including phenoxy) is 2. The lowest BCUT2D eigenvalue weighted by Crippen LogP contribution is -2.41. The predicted octanol–water partition coefficient (Wildman–Crippen LogP) is 0.627. The van der Waals surface area contributed by atoms with E-state index >= 15 is 0 Å². The number of benzene rings is 1. The highest BCUT2D eigenvalue weighted by Gasteiger charge is 2.33. The summed E-state index contributed by atoms with van der Waals surface area (Å²) < 4.78 is 10.4. The minimum absolute atomic E-state index is 0.0350. The molecule has 2 atom stereocenters. The van der Waals surface area contributed by atoms with Crippen molar-refractivity contribution >= 4 is 5.91 Å². The van der Waals surface area contributed by atoms with Gasteiger partial charge in [-0.3, -0.25) is 4.79 Å². The van der Waals surface area contributed by atoms with Crippen LogP contribution in [-0.2, 0) is 16.1 Å². The van der Waals surface area contributed by atoms with Gasteiger partial charge in [-0.2, -0.15) is 0 Å². The minimum Gasteiger partial charge on any atom is -0.497 e. The number of methoxy groups -OCH3 is 1. The van der Waals surface area contributed by atoms with Gasteiger partial charge >= 0.3 is 0 Å². The molecule has 1 fully saturated rings. The van der Waals surface area contributed by atoms with Crippen molar-refractivity contribution in [1.29, 1.82) is 0 Å². The summed E-state index contributed by atoms with van der Waals surface area (Å²) in [5, 5.41) is 0. The topological polar surface area (TPSA) is 64.8 Å². The normalized spacial score (nSPS) is 22.3. The molecule has 1 aromatic rings. The second kappa shape index (κ2) is 6.04. The summed E-state index contributed by atoms with van der Waals surface area (Å²) in [7, 11) is 3.41. The lowest BCUT2D eigenvalue weighted by molar-refractivity contribution is -0.135. The number of nitrogens with zero attached hydrogens (tertiary/aromatic N) is 1. The molecule has 19 heavy (non-hydrogen) atoms. The van der Waals surface area contributed by atoms with Gasteiger partial charge in [-0.15, -0.1) is 0 Å². The van der Waals surface area contributed by atoms with Crippen molar-refractivity contribution in [2.45, 2.75) is 12.6 Å². The van der Waals surface area contributed by atoms with Gasteiger partial charge in [0.15, 0.2) is 0 Å². The molecule has 0 saturated carbocycles. The van der Waals surface area contributed by atoms with Crippen LogP contribution in [0.3, 0.4) is 0 Å². The molecular formula is C14H20N2O3. The van der Waals surface area contributed by atoms with E-state index in [0.29, 0.717) is 19.8 Å². The van der Waals surface area contributed by atoms with Gasteiger partial charge in [0.1, 0.15) is 5.75 Å². The van der Waals surface area contributed by atoms with Crippen LogP contribution >= 0.6 is 0 Å². The van der Waals surface area contributed by atoms with E-state index in [1.807, 2.05) is 24.3 Å². The number of carbonyl (C=O) groups is 1. The highest BCUT2D eigenvalue weighted by Crippen LogP contribution is 2.18. The fourth-order valence-corrected chi connectivity index (χ4v) is 2.23. The van der Waals surface area contributed by atoms with Crippen LogP contribution in [0.1, 0.15) is 5.56 Å². The maximum absolute atomic E-state index is 12.2. The lowest BCUT2D eigenvalue weighted by Gasteiger charge is -2.22. The highest BCUT2D eigenvalue weighted by molar-refractivity contribution is 5.79. The number of nitrogens with two attached hydrogens (primary N) is 1. The Morgan fingerprint density at radius 1 is 1.53 bits per heavy atom. The Balaban J connectivity index is 1.99. The zero-order chi connectivity index (χ0) is 13.8. The van der Waals surface area contributed by atoms with Gasteiger partial charge in [0.2, 0.25) is 5.91 Å². The molecule has 1 aliphatic heterocycles. The fourth-order valence-electron chi connectivity index (χ4n) is 2.23. The minimum atomic E-state index is -0.226. The molecule has 0 radical (unpaired) electrons. The van der Waals surface area contributed by atoms with Crippen molar-refractivity contribution in [3.8, 4) is 5.75 Å². The van der Waals surface area contributed by atoms with Crippen LogP contribution in [0.25, 0.3) is 0 Å². The number of hydrogen-bond donors (Lipinski definition) is 1. The van der Waals surface area contributed by atoms with Crippen molar-refractivity contribution < 1.29 is 14.3 Å². The van der Waals surface area contributed by atoms with Crippen LogP contribution in [0.2, 0.25) is 0 Å². The van der Waals surface area contributed by atoms with Gasteiger partial charge in [-0.05, 0) is 17.7 Å². The lowest BCUT2D eigenvalue weighted by atomic mass is 10.0. The summed E-state index contributed by atoms with van der Waals surface area (Å²) in [5.74, 6) is 0.600. The largest absolute Gasteiger partial charge is 0.497 e. The molecular weight excluding hydrogens is 244 g/mol. The average Bonchev–Trinajstić information content (AvgIpc) is 2.84. The molecule has 1 amide bonds. The van der Waals surface area contributed by atoms with Gasteiger partial charge < -0.3 is 20.1 Å². The second-order valence-electron chi connectivity index (χ2n) is 4.85. The Kier molecular flexibility index (Phi) is 4.39. The molecule has 1 aliphatic rings. The molecule has 5 heteroatoms. The van der Waals surface area contributed by atoms with Crippen LogP contribution in [-0.4, -0.2) is 44.2 Å². The third kappa shape index (κ3) is 3.24. The smallest absolute Gasteiger partial charge is 0.229 e. The van der Waals surface area contributed by atoms with Crippen LogP contribution < -0.4 is 10.5 Å². The summed E-state index contributed by atoms with van der Waals surface area (Å²) in [6, 6.07) is 7.50. The highest BCUT2D eigenvalue weighted by atomic mass is 16.5. The summed E-state index contributed by atoms with van der Waals surface area (Å²) >= 11 is 0. The molecule has 0 spiro atoms. The molecule has 1 aromatic carbocycles. The zero-order valence-electron chi connectivity index (χ0n) is 11.3. The molecule has 0 bridgehead atoms. The Labute approximate surface area is 113 Å². The first-order valence-corrected chi connectivity index (χ1v) is 6.33. The first-order chi connectivity index (χ1) is 9.11. The Hall–Kier alpha value is -1.59. The second-order valence-corrected chi connectivity index (χ2v) is 4.85. The number of hydrogen-bond acceptors (Lipinski definition) is 4. The number of rotatable bonds is 4. The van der Waals surface area contributed by atoms with E-state index in [4.69, 9.17) is 15.2 Å². The maximum Gasteiger partial charge on any atom is 0.229 e. The average molecular weight is 264 g/mol. The van der Waals surface area contributed by atoms with E-state index in [1.165, 1.54) is 0 Å². The van der Waals surface area contributed by atoms with Gasteiger partial charge in [0, 0.05) is 19.6 Å². The van der Waals surface area contributed by atoms with Gasteiger partial charge in [0.25, 0.3) is 0 Å². The maximum atomic E-state index is 12.2. The Morgan fingerprint density at radius 3 is 2.95 bits per heavy atom. The molecule has 0 aromatic heterocycles.